The number of alkyl halides is 6. The molecule has 41 heavy (non-hydrogen) atoms. The Morgan fingerprint density at radius 1 is 1.00 bits per heavy atom. The fourth-order valence-electron chi connectivity index (χ4n) is 5.17. The van der Waals surface area contributed by atoms with Gasteiger partial charge in [-0.1, -0.05) is 25.5 Å². The first-order valence-corrected chi connectivity index (χ1v) is 12.7. The monoisotopic (exact) mass is 594 g/mol. The highest BCUT2D eigenvalue weighted by molar-refractivity contribution is 6.07. The third-order valence-electron chi connectivity index (χ3n) is 7.30. The third kappa shape index (κ3) is 5.10. The first-order chi connectivity index (χ1) is 19.1. The van der Waals surface area contributed by atoms with Gasteiger partial charge in [0.15, 0.2) is 11.6 Å². The number of nitrogens with zero attached hydrogens (tertiary/aromatic N) is 1. The highest BCUT2D eigenvalue weighted by Crippen LogP contribution is 2.58. The van der Waals surface area contributed by atoms with Crippen molar-refractivity contribution in [2.45, 2.75) is 69.6 Å². The number of fused-ring (bicyclic) bond motifs is 1. The Morgan fingerprint density at radius 2 is 1.68 bits per heavy atom. The second-order valence-electron chi connectivity index (χ2n) is 9.98. The molecule has 4 rings (SSSR count). The predicted molar refractivity (Wildman–Crippen MR) is 128 cm³/mol. The summed E-state index contributed by atoms with van der Waals surface area (Å²) in [6.45, 7) is 2.13. The van der Waals surface area contributed by atoms with Crippen LogP contribution in [0, 0.1) is 11.6 Å². The predicted octanol–water partition coefficient (Wildman–Crippen LogP) is 6.39. The van der Waals surface area contributed by atoms with Crippen LogP contribution in [0.4, 0.5) is 39.9 Å². The van der Waals surface area contributed by atoms with Gasteiger partial charge in [0.25, 0.3) is 11.5 Å². The molecule has 0 radical (unpaired) electrons. The van der Waals surface area contributed by atoms with Gasteiger partial charge >= 0.3 is 18.4 Å². The number of carbonyl (C=O) groups excluding carboxylic acids is 2. The number of ether oxygens (including phenoxy) is 2. The summed E-state index contributed by atoms with van der Waals surface area (Å²) in [5, 5.41) is 2.48. The lowest BCUT2D eigenvalue weighted by Gasteiger charge is -2.33. The minimum absolute atomic E-state index is 0.00979. The van der Waals surface area contributed by atoms with Crippen LogP contribution >= 0.6 is 0 Å². The quantitative estimate of drug-likeness (QED) is 0.208. The number of unbranched alkanes of at least 4 members (excludes halogenated alkanes) is 1. The van der Waals surface area contributed by atoms with Gasteiger partial charge in [-0.15, -0.1) is 0 Å². The maximum absolute atomic E-state index is 13.7. The summed E-state index contributed by atoms with van der Waals surface area (Å²) < 4.78 is 119. The number of urea groups is 1. The van der Waals surface area contributed by atoms with Crippen molar-refractivity contribution >= 4 is 11.9 Å². The van der Waals surface area contributed by atoms with E-state index in [0.717, 1.165) is 29.2 Å². The summed E-state index contributed by atoms with van der Waals surface area (Å²) in [6, 6.07) is 3.92. The minimum atomic E-state index is -5.73. The van der Waals surface area contributed by atoms with E-state index in [1.54, 1.807) is 6.92 Å². The van der Waals surface area contributed by atoms with Gasteiger partial charge in [-0.05, 0) is 55.5 Å². The summed E-state index contributed by atoms with van der Waals surface area (Å²) in [7, 11) is 0. The van der Waals surface area contributed by atoms with E-state index in [4.69, 9.17) is 4.74 Å². The molecule has 3 amide bonds. The van der Waals surface area contributed by atoms with E-state index >= 15 is 0 Å². The SMILES string of the molecule is CCCc1c(OCCCCN2C(=O)NC(C)(c3ccc(F)c(F)c3)C2=O)ccc2c1COC2(C(F)(F)F)C(F)(F)F. The van der Waals surface area contributed by atoms with Crippen LogP contribution < -0.4 is 10.1 Å². The number of amides is 3. The summed E-state index contributed by atoms with van der Waals surface area (Å²) in [5.41, 5.74) is -6.99. The van der Waals surface area contributed by atoms with Crippen molar-refractivity contribution in [3.8, 4) is 5.75 Å². The third-order valence-corrected chi connectivity index (χ3v) is 7.30. The Kier molecular flexibility index (Phi) is 8.02. The van der Waals surface area contributed by atoms with Gasteiger partial charge in [0.1, 0.15) is 11.3 Å². The molecule has 1 N–H and O–H groups in total. The van der Waals surface area contributed by atoms with E-state index in [1.165, 1.54) is 13.0 Å². The van der Waals surface area contributed by atoms with E-state index in [-0.39, 0.29) is 54.9 Å². The zero-order valence-electron chi connectivity index (χ0n) is 21.9. The molecule has 0 bridgehead atoms. The molecular weight excluding hydrogens is 568 g/mol. The molecule has 6 nitrogen and oxygen atoms in total. The van der Waals surface area contributed by atoms with Gasteiger partial charge in [0.2, 0.25) is 0 Å². The van der Waals surface area contributed by atoms with Crippen LogP contribution in [0.25, 0.3) is 0 Å². The van der Waals surface area contributed by atoms with Crippen LogP contribution in [0.3, 0.4) is 0 Å². The summed E-state index contributed by atoms with van der Waals surface area (Å²) in [6.07, 6.45) is -10.4. The molecule has 1 fully saturated rings. The summed E-state index contributed by atoms with van der Waals surface area (Å²) >= 11 is 0. The van der Waals surface area contributed by atoms with Gasteiger partial charge in [0, 0.05) is 17.7 Å². The molecule has 2 aliphatic rings. The number of hydrogen-bond acceptors (Lipinski definition) is 4. The molecular formula is C27H26F8N2O4. The molecule has 2 aromatic carbocycles. The zero-order chi connectivity index (χ0) is 30.4. The van der Waals surface area contributed by atoms with Crippen LogP contribution in [0.2, 0.25) is 0 Å². The molecule has 2 heterocycles. The second kappa shape index (κ2) is 10.8. The summed E-state index contributed by atoms with van der Waals surface area (Å²) in [4.78, 5) is 26.3. The number of carbonyl (C=O) groups is 2. The van der Waals surface area contributed by atoms with Crippen LogP contribution in [0.15, 0.2) is 30.3 Å². The smallest absolute Gasteiger partial charge is 0.430 e. The van der Waals surface area contributed by atoms with Crippen LogP contribution in [0.5, 0.6) is 5.75 Å². The Bertz CT molecular complexity index is 1330. The molecule has 1 unspecified atom stereocenters. The van der Waals surface area contributed by atoms with Gasteiger partial charge in [0.05, 0.1) is 13.2 Å². The van der Waals surface area contributed by atoms with E-state index in [9.17, 15) is 44.7 Å². The Balaban J connectivity index is 1.42. The lowest BCUT2D eigenvalue weighted by Crippen LogP contribution is -2.53. The number of halogens is 8. The fourth-order valence-corrected chi connectivity index (χ4v) is 5.17. The lowest BCUT2D eigenvalue weighted by molar-refractivity contribution is -0.385. The molecule has 1 atom stereocenters. The van der Waals surface area contributed by atoms with E-state index in [1.807, 2.05) is 0 Å². The van der Waals surface area contributed by atoms with Crippen molar-refractivity contribution < 1.29 is 54.2 Å². The minimum Gasteiger partial charge on any atom is -0.493 e. The van der Waals surface area contributed by atoms with Crippen molar-refractivity contribution in [2.75, 3.05) is 13.2 Å². The number of benzene rings is 2. The van der Waals surface area contributed by atoms with E-state index in [0.29, 0.717) is 6.42 Å². The zero-order valence-corrected chi connectivity index (χ0v) is 21.9. The van der Waals surface area contributed by atoms with E-state index < -0.39 is 59.2 Å². The molecule has 0 aliphatic carbocycles. The van der Waals surface area contributed by atoms with Crippen LogP contribution in [0.1, 0.15) is 55.4 Å². The largest absolute Gasteiger partial charge is 0.493 e. The average molecular weight is 594 g/mol. The van der Waals surface area contributed by atoms with Crippen molar-refractivity contribution in [3.05, 3.63) is 64.2 Å². The van der Waals surface area contributed by atoms with E-state index in [2.05, 4.69) is 10.1 Å². The highest BCUT2D eigenvalue weighted by Gasteiger charge is 2.75. The molecule has 1 saturated heterocycles. The van der Waals surface area contributed by atoms with Crippen LogP contribution in [-0.2, 0) is 33.7 Å². The Labute approximate surface area is 229 Å². The first kappa shape index (κ1) is 30.5. The highest BCUT2D eigenvalue weighted by atomic mass is 19.4. The van der Waals surface area contributed by atoms with Gasteiger partial charge in [-0.25, -0.2) is 13.6 Å². The normalized spacial score (nSPS) is 20.4. The average Bonchev–Trinajstić information content (AvgIpc) is 3.39. The molecule has 2 aromatic rings. The van der Waals surface area contributed by atoms with Crippen molar-refractivity contribution in [2.24, 2.45) is 0 Å². The maximum Gasteiger partial charge on any atom is 0.430 e. The topological polar surface area (TPSA) is 67.9 Å². The van der Waals surface area contributed by atoms with Crippen molar-refractivity contribution in [3.63, 3.8) is 0 Å². The molecule has 224 valence electrons. The molecule has 0 saturated carbocycles. The van der Waals surface area contributed by atoms with Gasteiger partial charge < -0.3 is 14.8 Å². The Morgan fingerprint density at radius 3 is 2.29 bits per heavy atom. The fraction of sp³-hybridized carbons (Fsp3) is 0.481. The number of imide groups is 1. The Hall–Kier alpha value is -3.42. The van der Waals surface area contributed by atoms with Crippen molar-refractivity contribution in [1.82, 2.24) is 10.2 Å². The maximum atomic E-state index is 13.7. The number of rotatable bonds is 9. The molecule has 14 heteroatoms. The molecule has 0 aromatic heterocycles. The number of nitrogens with one attached hydrogen (secondary N) is 1. The lowest BCUT2D eigenvalue weighted by atomic mass is 9.87. The second-order valence-corrected chi connectivity index (χ2v) is 9.98. The van der Waals surface area contributed by atoms with Gasteiger partial charge in [-0.2, -0.15) is 26.3 Å². The van der Waals surface area contributed by atoms with Crippen LogP contribution in [-0.4, -0.2) is 42.3 Å². The van der Waals surface area contributed by atoms with Crippen molar-refractivity contribution in [1.29, 1.82) is 0 Å². The molecule has 2 aliphatic heterocycles. The standard InChI is InChI=1S/C27H26F8N2O4/c1-3-6-16-17-14-41-25(26(30,31)32,27(33,34)35)18(17)8-10-21(16)40-12-5-4-11-37-22(38)24(2,36-23(37)39)15-7-9-19(28)20(29)13-15/h7-10,13H,3-6,11-12,14H2,1-2H3,(H,36,39). The first-order valence-electron chi connectivity index (χ1n) is 12.7. The summed E-state index contributed by atoms with van der Waals surface area (Å²) in [5.74, 6) is -2.83. The number of hydrogen-bond donors (Lipinski definition) is 1. The molecule has 0 spiro atoms. The van der Waals surface area contributed by atoms with Gasteiger partial charge in [-0.3, -0.25) is 9.69 Å².